The van der Waals surface area contributed by atoms with Crippen LogP contribution in [0.25, 0.3) is 5.70 Å². The van der Waals surface area contributed by atoms with E-state index in [1.165, 1.54) is 111 Å². The summed E-state index contributed by atoms with van der Waals surface area (Å²) in [7, 11) is 2.09. The zero-order valence-corrected chi connectivity index (χ0v) is 33.3. The fourth-order valence-corrected chi connectivity index (χ4v) is 7.68. The van der Waals surface area contributed by atoms with Crippen LogP contribution in [-0.2, 0) is 6.42 Å². The first-order chi connectivity index (χ1) is 23.8. The Morgan fingerprint density at radius 1 is 0.960 bits per heavy atom. The van der Waals surface area contributed by atoms with Crippen molar-refractivity contribution in [1.82, 2.24) is 14.9 Å². The van der Waals surface area contributed by atoms with Crippen molar-refractivity contribution >= 4 is 17.2 Å². The van der Waals surface area contributed by atoms with Gasteiger partial charge >= 0.3 is 0 Å². The molecule has 5 heteroatoms. The standard InChI is InChI=1S/C21H29N3.C14H21N.C10H19N/c1-15(2)19-10-11-20(23-19)18-12-13-22-21(14-18)24(4)16(3)17-8-6-5-7-9-17;1-3-12-9-10-14(15-11(12)2)13-7-5-4-6-8-13;1-8(2)10(5)6-11(7-10)9(3)4/h11-15,17H,3,5-10H2,1-2,4H3;9-10,13H,3-8H2,1-2H3;8H,3,6-7H2,1-2,4-5H3. The van der Waals surface area contributed by atoms with Crippen molar-refractivity contribution in [2.75, 3.05) is 25.0 Å². The van der Waals surface area contributed by atoms with Crippen molar-refractivity contribution in [2.45, 2.75) is 138 Å². The highest BCUT2D eigenvalue weighted by Gasteiger charge is 2.40. The Balaban J connectivity index is 0.000000184. The van der Waals surface area contributed by atoms with Crippen LogP contribution in [0.15, 0.2) is 66.1 Å². The predicted molar refractivity (Wildman–Crippen MR) is 217 cm³/mol. The number of hydrogen-bond acceptors (Lipinski definition) is 5. The van der Waals surface area contributed by atoms with Gasteiger partial charge in [-0.3, -0.25) is 9.98 Å². The minimum Gasteiger partial charge on any atom is -0.374 e. The van der Waals surface area contributed by atoms with Crippen LogP contribution < -0.4 is 4.90 Å². The quantitative estimate of drug-likeness (QED) is 0.265. The molecule has 0 spiro atoms. The van der Waals surface area contributed by atoms with Crippen LogP contribution in [0.1, 0.15) is 148 Å². The molecule has 2 aliphatic carbocycles. The van der Waals surface area contributed by atoms with Crippen molar-refractivity contribution in [3.05, 3.63) is 83.6 Å². The smallest absolute Gasteiger partial charge is 0.133 e. The van der Waals surface area contributed by atoms with Crippen LogP contribution in [0.2, 0.25) is 0 Å². The molecule has 0 radical (unpaired) electrons. The van der Waals surface area contributed by atoms with Gasteiger partial charge in [0.15, 0.2) is 0 Å². The van der Waals surface area contributed by atoms with Crippen LogP contribution >= 0.6 is 0 Å². The molecule has 6 rings (SSSR count). The van der Waals surface area contributed by atoms with Gasteiger partial charge in [-0.05, 0) is 87.5 Å². The summed E-state index contributed by atoms with van der Waals surface area (Å²) in [5, 5.41) is 0. The van der Waals surface area contributed by atoms with E-state index in [-0.39, 0.29) is 0 Å². The van der Waals surface area contributed by atoms with Gasteiger partial charge in [0, 0.05) is 78.1 Å². The molecule has 50 heavy (non-hydrogen) atoms. The van der Waals surface area contributed by atoms with E-state index in [0.29, 0.717) is 17.3 Å². The SMILES string of the molecule is C=C(C)N1CC(C)(C(C)C)C1.C=C(C1CCCCC1)N(C)c1cc(C2=CCC(C(C)C)=N2)ccn1.CCc1ccc(C2CCCCC2)nc1C. The third-order valence-corrected chi connectivity index (χ3v) is 12.0. The van der Waals surface area contributed by atoms with Gasteiger partial charge in [-0.2, -0.15) is 0 Å². The molecule has 0 atom stereocenters. The molecular weight excluding hydrogens is 611 g/mol. The van der Waals surface area contributed by atoms with E-state index >= 15 is 0 Å². The molecule has 2 aliphatic heterocycles. The Bertz CT molecular complexity index is 1480. The summed E-state index contributed by atoms with van der Waals surface area (Å²) in [6.07, 6.45) is 19.6. The lowest BCUT2D eigenvalue weighted by atomic mass is 9.72. The molecule has 2 aromatic rings. The zero-order valence-electron chi connectivity index (χ0n) is 33.3. The monoisotopic (exact) mass is 680 g/mol. The summed E-state index contributed by atoms with van der Waals surface area (Å²) in [6.45, 7) is 28.5. The molecule has 4 aliphatic rings. The Labute approximate surface area is 306 Å². The number of aryl methyl sites for hydroxylation is 2. The number of rotatable bonds is 9. The molecule has 1 saturated heterocycles. The van der Waals surface area contributed by atoms with Crippen LogP contribution in [0, 0.1) is 30.1 Å². The summed E-state index contributed by atoms with van der Waals surface area (Å²) < 4.78 is 0. The average Bonchev–Trinajstić information content (AvgIpc) is 3.62. The first-order valence-electron chi connectivity index (χ1n) is 19.9. The van der Waals surface area contributed by atoms with Crippen LogP contribution in [0.4, 0.5) is 5.82 Å². The van der Waals surface area contributed by atoms with E-state index in [9.17, 15) is 0 Å². The Kier molecular flexibility index (Phi) is 14.5. The van der Waals surface area contributed by atoms with Crippen LogP contribution in [0.5, 0.6) is 0 Å². The van der Waals surface area contributed by atoms with Crippen molar-refractivity contribution in [1.29, 1.82) is 0 Å². The number of hydrogen-bond donors (Lipinski definition) is 0. The second kappa shape index (κ2) is 18.3. The minimum atomic E-state index is 0.508. The van der Waals surface area contributed by atoms with Gasteiger partial charge in [0.2, 0.25) is 0 Å². The van der Waals surface area contributed by atoms with Crippen LogP contribution in [0.3, 0.4) is 0 Å². The second-order valence-electron chi connectivity index (χ2n) is 16.4. The fraction of sp³-hybridized carbons (Fsp3) is 0.622. The van der Waals surface area contributed by atoms with E-state index < -0.39 is 0 Å². The van der Waals surface area contributed by atoms with E-state index in [1.807, 2.05) is 6.20 Å². The summed E-state index contributed by atoms with van der Waals surface area (Å²) >= 11 is 0. The van der Waals surface area contributed by atoms with Crippen molar-refractivity contribution in [2.24, 2.45) is 28.2 Å². The minimum absolute atomic E-state index is 0.508. The van der Waals surface area contributed by atoms with Gasteiger partial charge < -0.3 is 9.80 Å². The predicted octanol–water partition coefficient (Wildman–Crippen LogP) is 12.0. The second-order valence-corrected chi connectivity index (χ2v) is 16.4. The van der Waals surface area contributed by atoms with E-state index in [2.05, 4.69) is 121 Å². The maximum absolute atomic E-state index is 4.80. The maximum atomic E-state index is 4.80. The lowest BCUT2D eigenvalue weighted by Crippen LogP contribution is -2.55. The molecule has 2 aromatic heterocycles. The largest absolute Gasteiger partial charge is 0.374 e. The zero-order chi connectivity index (χ0) is 36.4. The lowest BCUT2D eigenvalue weighted by Gasteiger charge is -2.52. The maximum Gasteiger partial charge on any atom is 0.133 e. The number of pyridine rings is 2. The van der Waals surface area contributed by atoms with Gasteiger partial charge in [-0.1, -0.05) is 105 Å². The summed E-state index contributed by atoms with van der Waals surface area (Å²) in [5.41, 5.74) is 10.4. The van der Waals surface area contributed by atoms with Gasteiger partial charge in [-0.25, -0.2) is 4.98 Å². The molecule has 0 N–H and O–H groups in total. The molecule has 274 valence electrons. The normalized spacial score (nSPS) is 19.1. The Morgan fingerprint density at radius 3 is 2.14 bits per heavy atom. The van der Waals surface area contributed by atoms with Crippen molar-refractivity contribution in [3.8, 4) is 0 Å². The first kappa shape index (κ1) is 39.6. The summed E-state index contributed by atoms with van der Waals surface area (Å²) in [4.78, 5) is 18.7. The van der Waals surface area contributed by atoms with Gasteiger partial charge in [0.05, 0.1) is 5.70 Å². The lowest BCUT2D eigenvalue weighted by molar-refractivity contribution is 0.00547. The molecule has 0 amide bonds. The summed E-state index contributed by atoms with van der Waals surface area (Å²) in [6, 6.07) is 8.72. The highest BCUT2D eigenvalue weighted by atomic mass is 15.2. The molecule has 2 saturated carbocycles. The highest BCUT2D eigenvalue weighted by molar-refractivity contribution is 5.97. The molecular formula is C45H69N5. The van der Waals surface area contributed by atoms with Gasteiger partial charge in [0.25, 0.3) is 0 Å². The molecule has 0 unspecified atom stereocenters. The molecule has 3 fully saturated rings. The highest BCUT2D eigenvalue weighted by Crippen LogP contribution is 2.39. The third kappa shape index (κ3) is 10.4. The van der Waals surface area contributed by atoms with Gasteiger partial charge in [0.1, 0.15) is 5.82 Å². The number of nitrogens with zero attached hydrogens (tertiary/aromatic N) is 5. The van der Waals surface area contributed by atoms with Crippen LogP contribution in [-0.4, -0.2) is 40.7 Å². The number of aromatic nitrogens is 2. The van der Waals surface area contributed by atoms with Crippen molar-refractivity contribution < 1.29 is 0 Å². The molecule has 4 heterocycles. The van der Waals surface area contributed by atoms with E-state index in [0.717, 1.165) is 41.8 Å². The summed E-state index contributed by atoms with van der Waals surface area (Å²) in [5.74, 6) is 3.61. The number of likely N-dealkylation sites (tertiary alicyclic amines) is 1. The van der Waals surface area contributed by atoms with E-state index in [1.54, 1.807) is 0 Å². The first-order valence-corrected chi connectivity index (χ1v) is 19.9. The average molecular weight is 680 g/mol. The number of aliphatic imine (C=N–C) groups is 1. The third-order valence-electron chi connectivity index (χ3n) is 12.0. The number of anilines is 1. The molecule has 0 bridgehead atoms. The topological polar surface area (TPSA) is 44.6 Å². The van der Waals surface area contributed by atoms with Crippen molar-refractivity contribution in [3.63, 3.8) is 0 Å². The van der Waals surface area contributed by atoms with E-state index in [4.69, 9.17) is 9.98 Å². The Hall–Kier alpha value is -3.21. The Morgan fingerprint density at radius 2 is 1.60 bits per heavy atom. The number of allylic oxidation sites excluding steroid dienone is 3. The van der Waals surface area contributed by atoms with Gasteiger partial charge in [-0.15, -0.1) is 0 Å². The molecule has 0 aromatic carbocycles. The fourth-order valence-electron chi connectivity index (χ4n) is 7.68. The molecule has 5 nitrogen and oxygen atoms in total.